The first kappa shape index (κ1) is 30.0. The maximum atomic E-state index is 15.0. The van der Waals surface area contributed by atoms with E-state index < -0.39 is 64.2 Å². The molecule has 0 saturated carbocycles. The monoisotopic (exact) mass is 590 g/mol. The second kappa shape index (κ2) is 11.5. The van der Waals surface area contributed by atoms with Crippen molar-refractivity contribution in [2.45, 2.75) is 45.1 Å². The average Bonchev–Trinajstić information content (AvgIpc) is 2.87. The lowest BCUT2D eigenvalue weighted by Crippen LogP contribution is -2.24. The van der Waals surface area contributed by atoms with Crippen LogP contribution in [0.3, 0.4) is 0 Å². The van der Waals surface area contributed by atoms with E-state index in [0.717, 1.165) is 30.9 Å². The highest BCUT2D eigenvalue weighted by Gasteiger charge is 2.39. The standard InChI is InChI=1S/C29H20F10O2/c1-2-3-4-5-15-6-7-16-11-20(26(34)25(33)19(16)10-15)17-8-9-21(22(30)12-17)28(35,36)40-18-13-23(31)27(24(32)14-18)41-29(37,38)39/h6-14H,2-5H2,1H3. The molecular weight excluding hydrogens is 570 g/mol. The Hall–Kier alpha value is -3.96. The molecule has 4 aromatic rings. The summed E-state index contributed by atoms with van der Waals surface area (Å²) >= 11 is 0. The summed E-state index contributed by atoms with van der Waals surface area (Å²) < 4.78 is 146. The molecule has 0 aromatic heterocycles. The van der Waals surface area contributed by atoms with Gasteiger partial charge in [-0.15, -0.1) is 13.2 Å². The lowest BCUT2D eigenvalue weighted by molar-refractivity contribution is -0.276. The topological polar surface area (TPSA) is 18.5 Å². The average molecular weight is 590 g/mol. The quantitative estimate of drug-likeness (QED) is 0.143. The van der Waals surface area contributed by atoms with Crippen molar-refractivity contribution in [1.82, 2.24) is 0 Å². The summed E-state index contributed by atoms with van der Waals surface area (Å²) in [5.74, 6) is -11.4. The van der Waals surface area contributed by atoms with Gasteiger partial charge in [-0.1, -0.05) is 38.0 Å². The van der Waals surface area contributed by atoms with E-state index in [1.165, 1.54) is 12.1 Å². The number of ether oxygens (including phenoxy) is 2. The molecule has 0 N–H and O–H groups in total. The van der Waals surface area contributed by atoms with Gasteiger partial charge in [0.15, 0.2) is 23.3 Å². The van der Waals surface area contributed by atoms with Crippen LogP contribution in [0.2, 0.25) is 0 Å². The number of alkyl halides is 5. The molecule has 0 bridgehead atoms. The zero-order chi connectivity index (χ0) is 30.1. The van der Waals surface area contributed by atoms with Gasteiger partial charge in [0.2, 0.25) is 5.75 Å². The van der Waals surface area contributed by atoms with Gasteiger partial charge in [-0.05, 0) is 53.6 Å². The van der Waals surface area contributed by atoms with Gasteiger partial charge in [-0.3, -0.25) is 0 Å². The van der Waals surface area contributed by atoms with Crippen LogP contribution in [0.1, 0.15) is 37.3 Å². The first-order chi connectivity index (χ1) is 19.2. The summed E-state index contributed by atoms with van der Waals surface area (Å²) in [7, 11) is 0. The second-order valence-electron chi connectivity index (χ2n) is 9.14. The number of benzene rings is 4. The van der Waals surface area contributed by atoms with Crippen molar-refractivity contribution < 1.29 is 53.4 Å². The highest BCUT2D eigenvalue weighted by Crippen LogP contribution is 2.39. The lowest BCUT2D eigenvalue weighted by Gasteiger charge is -2.20. The van der Waals surface area contributed by atoms with Gasteiger partial charge < -0.3 is 9.47 Å². The minimum atomic E-state index is -5.47. The van der Waals surface area contributed by atoms with Gasteiger partial charge in [0.05, 0.1) is 5.56 Å². The molecule has 0 aliphatic heterocycles. The van der Waals surface area contributed by atoms with E-state index in [1.54, 1.807) is 12.1 Å². The number of unbranched alkanes of at least 4 members (excludes halogenated alkanes) is 2. The Balaban J connectivity index is 1.62. The largest absolute Gasteiger partial charge is 0.573 e. The zero-order valence-corrected chi connectivity index (χ0v) is 21.1. The number of aryl methyl sites for hydroxylation is 1. The fourth-order valence-corrected chi connectivity index (χ4v) is 4.25. The first-order valence-corrected chi connectivity index (χ1v) is 12.2. The molecule has 0 heterocycles. The van der Waals surface area contributed by atoms with Gasteiger partial charge in [-0.25, -0.2) is 22.0 Å². The number of hydrogen-bond acceptors (Lipinski definition) is 2. The Morgan fingerprint density at radius 3 is 1.98 bits per heavy atom. The number of rotatable bonds is 9. The second-order valence-corrected chi connectivity index (χ2v) is 9.14. The van der Waals surface area contributed by atoms with Gasteiger partial charge >= 0.3 is 12.5 Å². The molecule has 0 radical (unpaired) electrons. The zero-order valence-electron chi connectivity index (χ0n) is 21.1. The SMILES string of the molecule is CCCCCc1ccc2cc(-c3ccc(C(F)(F)Oc4cc(F)c(OC(F)(F)F)c(F)c4)c(F)c3)c(F)c(F)c2c1. The molecule has 0 unspecified atom stereocenters. The summed E-state index contributed by atoms with van der Waals surface area (Å²) in [6, 6.07) is 7.91. The molecule has 4 aromatic carbocycles. The molecule has 0 aliphatic rings. The Morgan fingerprint density at radius 1 is 0.683 bits per heavy atom. The third kappa shape index (κ3) is 6.68. The molecule has 218 valence electrons. The molecular formula is C29H20F10O2. The van der Waals surface area contributed by atoms with Crippen LogP contribution in [0.15, 0.2) is 54.6 Å². The van der Waals surface area contributed by atoms with Crippen molar-refractivity contribution in [2.75, 3.05) is 0 Å². The number of halogens is 10. The van der Waals surface area contributed by atoms with Gasteiger partial charge in [0.25, 0.3) is 0 Å². The third-order valence-electron chi connectivity index (χ3n) is 6.18. The van der Waals surface area contributed by atoms with Gasteiger partial charge in [0, 0.05) is 23.1 Å². The van der Waals surface area contributed by atoms with E-state index in [2.05, 4.69) is 9.47 Å². The van der Waals surface area contributed by atoms with E-state index in [9.17, 15) is 43.9 Å². The highest BCUT2D eigenvalue weighted by molar-refractivity contribution is 5.89. The maximum absolute atomic E-state index is 15.0. The molecule has 41 heavy (non-hydrogen) atoms. The van der Waals surface area contributed by atoms with Crippen LogP contribution < -0.4 is 9.47 Å². The third-order valence-corrected chi connectivity index (χ3v) is 6.18. The van der Waals surface area contributed by atoms with E-state index >= 15 is 0 Å². The number of hydrogen-bond donors (Lipinski definition) is 0. The smallest absolute Gasteiger partial charge is 0.429 e. The Labute approximate surface area is 227 Å². The van der Waals surface area contributed by atoms with Crippen molar-refractivity contribution in [3.63, 3.8) is 0 Å². The van der Waals surface area contributed by atoms with E-state index in [-0.39, 0.29) is 23.1 Å². The molecule has 0 amide bonds. The maximum Gasteiger partial charge on any atom is 0.573 e. The van der Waals surface area contributed by atoms with Crippen molar-refractivity contribution in [3.8, 4) is 22.6 Å². The van der Waals surface area contributed by atoms with Crippen LogP contribution in [0, 0.1) is 29.1 Å². The fourth-order valence-electron chi connectivity index (χ4n) is 4.25. The highest BCUT2D eigenvalue weighted by atomic mass is 19.4. The molecule has 12 heteroatoms. The van der Waals surface area contributed by atoms with Crippen molar-refractivity contribution in [1.29, 1.82) is 0 Å². The van der Waals surface area contributed by atoms with Crippen molar-refractivity contribution in [2.24, 2.45) is 0 Å². The predicted octanol–water partition coefficient (Wildman–Crippen LogP) is 9.96. The van der Waals surface area contributed by atoms with Crippen LogP contribution in [0.5, 0.6) is 11.5 Å². The lowest BCUT2D eigenvalue weighted by atomic mass is 9.96. The molecule has 0 atom stereocenters. The number of fused-ring (bicyclic) bond motifs is 1. The molecule has 0 saturated heterocycles. The van der Waals surface area contributed by atoms with Crippen molar-refractivity contribution in [3.05, 3.63) is 94.8 Å². The summed E-state index contributed by atoms with van der Waals surface area (Å²) in [5.41, 5.74) is -1.35. The van der Waals surface area contributed by atoms with Crippen LogP contribution in [-0.2, 0) is 12.5 Å². The Kier molecular flexibility index (Phi) is 8.41. The van der Waals surface area contributed by atoms with Gasteiger partial charge in [0.1, 0.15) is 11.6 Å². The molecule has 0 fully saturated rings. The molecule has 0 aliphatic carbocycles. The normalized spacial score (nSPS) is 12.2. The van der Waals surface area contributed by atoms with Crippen LogP contribution in [-0.4, -0.2) is 6.36 Å². The minimum Gasteiger partial charge on any atom is -0.429 e. The molecule has 2 nitrogen and oxygen atoms in total. The first-order valence-electron chi connectivity index (χ1n) is 12.2. The van der Waals surface area contributed by atoms with E-state index in [4.69, 9.17) is 0 Å². The Bertz CT molecular complexity index is 1560. The molecule has 0 spiro atoms. The van der Waals surface area contributed by atoms with Crippen LogP contribution in [0.25, 0.3) is 21.9 Å². The molecule has 4 rings (SSSR count). The van der Waals surface area contributed by atoms with Crippen LogP contribution >= 0.6 is 0 Å². The van der Waals surface area contributed by atoms with E-state index in [1.807, 2.05) is 6.92 Å². The summed E-state index contributed by atoms with van der Waals surface area (Å²) in [4.78, 5) is 0. The van der Waals surface area contributed by atoms with E-state index in [0.29, 0.717) is 23.9 Å². The van der Waals surface area contributed by atoms with Gasteiger partial charge in [-0.2, -0.15) is 8.78 Å². The van der Waals surface area contributed by atoms with Crippen molar-refractivity contribution >= 4 is 10.8 Å². The van der Waals surface area contributed by atoms with Crippen LogP contribution in [0.4, 0.5) is 43.9 Å². The summed E-state index contributed by atoms with van der Waals surface area (Å²) in [6.07, 6.45) is -6.57. The Morgan fingerprint density at radius 2 is 1.37 bits per heavy atom. The summed E-state index contributed by atoms with van der Waals surface area (Å²) in [5, 5.41) is 0.293. The summed E-state index contributed by atoms with van der Waals surface area (Å²) in [6.45, 7) is 2.03. The minimum absolute atomic E-state index is 0.00314. The fraction of sp³-hybridized carbons (Fsp3) is 0.241. The predicted molar refractivity (Wildman–Crippen MR) is 130 cm³/mol.